The maximum absolute atomic E-state index is 12.6. The second-order valence-electron chi connectivity index (χ2n) is 6.50. The lowest BCUT2D eigenvalue weighted by Gasteiger charge is -2.27. The first-order valence-electron chi connectivity index (χ1n) is 7.39. The molecular formula is C17H20F3NO2. The SMILES string of the molecule is CC(C)(C)OC(=O)C1CC(c2ccc(C(F)(F)F)cc2)=CCN1. The maximum atomic E-state index is 12.6. The molecule has 0 fully saturated rings. The van der Waals surface area contributed by atoms with Gasteiger partial charge in [-0.1, -0.05) is 18.2 Å². The second-order valence-corrected chi connectivity index (χ2v) is 6.50. The van der Waals surface area contributed by atoms with Crippen molar-refractivity contribution in [1.29, 1.82) is 0 Å². The number of ether oxygens (including phenoxy) is 1. The smallest absolute Gasteiger partial charge is 0.416 e. The van der Waals surface area contributed by atoms with Crippen molar-refractivity contribution in [3.05, 3.63) is 41.5 Å². The average molecular weight is 327 g/mol. The Kier molecular flexibility index (Phi) is 4.84. The van der Waals surface area contributed by atoms with Crippen molar-refractivity contribution < 1.29 is 22.7 Å². The molecule has 1 aliphatic rings. The number of alkyl halides is 3. The summed E-state index contributed by atoms with van der Waals surface area (Å²) in [5.41, 5.74) is 0.273. The van der Waals surface area contributed by atoms with Crippen LogP contribution >= 0.6 is 0 Å². The zero-order valence-electron chi connectivity index (χ0n) is 13.3. The van der Waals surface area contributed by atoms with Crippen LogP contribution in [0.1, 0.15) is 38.3 Å². The molecule has 1 unspecified atom stereocenters. The largest absolute Gasteiger partial charge is 0.459 e. The van der Waals surface area contributed by atoms with Crippen molar-refractivity contribution in [2.75, 3.05) is 6.54 Å². The van der Waals surface area contributed by atoms with Gasteiger partial charge in [0.15, 0.2) is 0 Å². The van der Waals surface area contributed by atoms with Gasteiger partial charge in [0.05, 0.1) is 5.56 Å². The van der Waals surface area contributed by atoms with Gasteiger partial charge < -0.3 is 10.1 Å². The van der Waals surface area contributed by atoms with E-state index in [1.807, 2.05) is 6.08 Å². The third kappa shape index (κ3) is 4.82. The average Bonchev–Trinajstić information content (AvgIpc) is 2.45. The van der Waals surface area contributed by atoms with Gasteiger partial charge in [-0.25, -0.2) is 0 Å². The van der Waals surface area contributed by atoms with Crippen LogP contribution < -0.4 is 5.32 Å². The van der Waals surface area contributed by atoms with Crippen molar-refractivity contribution in [2.45, 2.75) is 45.0 Å². The van der Waals surface area contributed by atoms with Gasteiger partial charge in [0.1, 0.15) is 11.6 Å². The molecule has 1 heterocycles. The van der Waals surface area contributed by atoms with Gasteiger partial charge in [0.25, 0.3) is 0 Å². The van der Waals surface area contributed by atoms with Crippen LogP contribution in [0.3, 0.4) is 0 Å². The van der Waals surface area contributed by atoms with E-state index in [9.17, 15) is 18.0 Å². The van der Waals surface area contributed by atoms with Crippen molar-refractivity contribution in [3.63, 3.8) is 0 Å². The number of halogens is 3. The van der Waals surface area contributed by atoms with Gasteiger partial charge >= 0.3 is 12.1 Å². The molecule has 3 nitrogen and oxygen atoms in total. The lowest BCUT2D eigenvalue weighted by Crippen LogP contribution is -2.43. The van der Waals surface area contributed by atoms with Crippen molar-refractivity contribution in [3.8, 4) is 0 Å². The Balaban J connectivity index is 2.09. The molecule has 126 valence electrons. The standard InChI is InChI=1S/C17H20F3NO2/c1-16(2,3)23-15(22)14-10-12(8-9-21-14)11-4-6-13(7-5-11)17(18,19)20/h4-8,14,21H,9-10H2,1-3H3. The van der Waals surface area contributed by atoms with E-state index in [4.69, 9.17) is 4.74 Å². The first-order valence-corrected chi connectivity index (χ1v) is 7.39. The topological polar surface area (TPSA) is 38.3 Å². The molecule has 0 aromatic heterocycles. The third-order valence-corrected chi connectivity index (χ3v) is 3.41. The molecule has 1 aliphatic heterocycles. The number of rotatable bonds is 2. The van der Waals surface area contributed by atoms with E-state index in [1.54, 1.807) is 20.8 Å². The Labute approximate surface area is 133 Å². The molecule has 0 radical (unpaired) electrons. The number of hydrogen-bond acceptors (Lipinski definition) is 3. The normalized spacial score (nSPS) is 19.2. The van der Waals surface area contributed by atoms with E-state index in [1.165, 1.54) is 12.1 Å². The molecule has 1 atom stereocenters. The van der Waals surface area contributed by atoms with E-state index >= 15 is 0 Å². The number of esters is 1. The fraction of sp³-hybridized carbons (Fsp3) is 0.471. The maximum Gasteiger partial charge on any atom is 0.416 e. The summed E-state index contributed by atoms with van der Waals surface area (Å²) >= 11 is 0. The van der Waals surface area contributed by atoms with Crippen LogP contribution in [0.2, 0.25) is 0 Å². The molecule has 6 heteroatoms. The molecule has 0 amide bonds. The lowest BCUT2D eigenvalue weighted by atomic mass is 9.94. The van der Waals surface area contributed by atoms with Crippen molar-refractivity contribution in [2.24, 2.45) is 0 Å². The first kappa shape index (κ1) is 17.5. The monoisotopic (exact) mass is 327 g/mol. The number of nitrogens with one attached hydrogen (secondary N) is 1. The highest BCUT2D eigenvalue weighted by molar-refractivity contribution is 5.81. The van der Waals surface area contributed by atoms with Crippen LogP contribution in [-0.4, -0.2) is 24.2 Å². The van der Waals surface area contributed by atoms with E-state index in [0.29, 0.717) is 18.5 Å². The second kappa shape index (κ2) is 6.35. The molecule has 2 rings (SSSR count). The molecule has 1 aromatic rings. The number of benzene rings is 1. The zero-order chi connectivity index (χ0) is 17.3. The molecule has 0 saturated carbocycles. The molecular weight excluding hydrogens is 307 g/mol. The van der Waals surface area contributed by atoms with Gasteiger partial charge in [0.2, 0.25) is 0 Å². The van der Waals surface area contributed by atoms with Crippen LogP contribution in [-0.2, 0) is 15.7 Å². The van der Waals surface area contributed by atoms with E-state index < -0.39 is 23.4 Å². The highest BCUT2D eigenvalue weighted by atomic mass is 19.4. The van der Waals surface area contributed by atoms with Crippen molar-refractivity contribution in [1.82, 2.24) is 5.32 Å². The molecule has 1 N–H and O–H groups in total. The zero-order valence-corrected chi connectivity index (χ0v) is 13.3. The lowest BCUT2D eigenvalue weighted by molar-refractivity contribution is -0.157. The van der Waals surface area contributed by atoms with E-state index in [2.05, 4.69) is 5.32 Å². The highest BCUT2D eigenvalue weighted by Gasteiger charge is 2.31. The summed E-state index contributed by atoms with van der Waals surface area (Å²) in [6, 6.07) is 4.50. The number of carbonyl (C=O) groups excluding carboxylic acids is 1. The van der Waals surface area contributed by atoms with Crippen LogP contribution in [0.4, 0.5) is 13.2 Å². The summed E-state index contributed by atoms with van der Waals surface area (Å²) in [7, 11) is 0. The Morgan fingerprint density at radius 2 is 1.78 bits per heavy atom. The fourth-order valence-corrected chi connectivity index (χ4v) is 2.35. The molecule has 0 aliphatic carbocycles. The number of carbonyl (C=O) groups is 1. The molecule has 1 aromatic carbocycles. The summed E-state index contributed by atoms with van der Waals surface area (Å²) in [6.45, 7) is 5.85. The van der Waals surface area contributed by atoms with E-state index in [-0.39, 0.29) is 5.97 Å². The Bertz CT molecular complexity index is 598. The molecule has 0 saturated heterocycles. The Morgan fingerprint density at radius 3 is 2.30 bits per heavy atom. The summed E-state index contributed by atoms with van der Waals surface area (Å²) < 4.78 is 43.2. The highest BCUT2D eigenvalue weighted by Crippen LogP contribution is 2.31. The van der Waals surface area contributed by atoms with Gasteiger partial charge in [-0.15, -0.1) is 0 Å². The van der Waals surface area contributed by atoms with Crippen LogP contribution in [0, 0.1) is 0 Å². The van der Waals surface area contributed by atoms with Crippen LogP contribution in [0.15, 0.2) is 30.3 Å². The Hall–Kier alpha value is -1.82. The predicted molar refractivity (Wildman–Crippen MR) is 81.7 cm³/mol. The Morgan fingerprint density at radius 1 is 1.17 bits per heavy atom. The first-order chi connectivity index (χ1) is 10.6. The van der Waals surface area contributed by atoms with Crippen LogP contribution in [0.5, 0.6) is 0 Å². The minimum Gasteiger partial charge on any atom is -0.459 e. The summed E-state index contributed by atoms with van der Waals surface area (Å²) in [5, 5.41) is 3.05. The third-order valence-electron chi connectivity index (χ3n) is 3.41. The fourth-order valence-electron chi connectivity index (χ4n) is 2.35. The predicted octanol–water partition coefficient (Wildman–Crippen LogP) is 3.79. The van der Waals surface area contributed by atoms with Crippen LogP contribution in [0.25, 0.3) is 5.57 Å². The summed E-state index contributed by atoms with van der Waals surface area (Å²) in [5.74, 6) is -0.352. The van der Waals surface area contributed by atoms with Gasteiger partial charge in [-0.3, -0.25) is 4.79 Å². The molecule has 0 bridgehead atoms. The van der Waals surface area contributed by atoms with Gasteiger partial charge in [0, 0.05) is 6.54 Å². The van der Waals surface area contributed by atoms with Gasteiger partial charge in [-0.05, 0) is 50.5 Å². The molecule has 0 spiro atoms. The summed E-state index contributed by atoms with van der Waals surface area (Å²) in [6.07, 6.45) is -2.08. The summed E-state index contributed by atoms with van der Waals surface area (Å²) in [4.78, 5) is 12.1. The molecule has 23 heavy (non-hydrogen) atoms. The quantitative estimate of drug-likeness (QED) is 0.840. The number of hydrogen-bond donors (Lipinski definition) is 1. The van der Waals surface area contributed by atoms with Crippen molar-refractivity contribution >= 4 is 11.5 Å². The van der Waals surface area contributed by atoms with E-state index in [0.717, 1.165) is 17.7 Å². The minimum atomic E-state index is -4.35. The minimum absolute atomic E-state index is 0.352. The van der Waals surface area contributed by atoms with Gasteiger partial charge in [-0.2, -0.15) is 13.2 Å².